The van der Waals surface area contributed by atoms with Crippen LogP contribution < -0.4 is 15.4 Å². The smallest absolute Gasteiger partial charge is 0.148 e. The van der Waals surface area contributed by atoms with Crippen LogP contribution in [0.1, 0.15) is 6.92 Å². The first-order valence-corrected chi connectivity index (χ1v) is 5.61. The van der Waals surface area contributed by atoms with Crippen molar-refractivity contribution >= 4 is 11.4 Å². The molecule has 0 amide bonds. The molecule has 1 aliphatic heterocycles. The molecule has 1 aromatic rings. The van der Waals surface area contributed by atoms with Crippen LogP contribution in [0.3, 0.4) is 0 Å². The maximum absolute atomic E-state index is 13.9. The molecule has 1 aromatic carbocycles. The molecule has 1 fully saturated rings. The number of halogens is 1. The molecule has 1 aliphatic rings. The van der Waals surface area contributed by atoms with E-state index in [0.29, 0.717) is 36.8 Å². The van der Waals surface area contributed by atoms with E-state index in [1.54, 1.807) is 6.07 Å². The number of nitrogens with two attached hydrogens (primary N) is 1. The lowest BCUT2D eigenvalue weighted by Crippen LogP contribution is -2.41. The molecule has 1 saturated heterocycles. The average Bonchev–Trinajstić information content (AvgIpc) is 2.29. The van der Waals surface area contributed by atoms with Gasteiger partial charge >= 0.3 is 0 Å². The molecule has 0 spiro atoms. The molecule has 4 nitrogen and oxygen atoms in total. The van der Waals surface area contributed by atoms with Crippen molar-refractivity contribution in [2.45, 2.75) is 13.0 Å². The lowest BCUT2D eigenvalue weighted by Gasteiger charge is -2.33. The zero-order chi connectivity index (χ0) is 12.4. The molecule has 2 rings (SSSR count). The highest BCUT2D eigenvalue weighted by atomic mass is 19.1. The number of nitrogens with zero attached hydrogens (tertiary/aromatic N) is 1. The number of nitrogen functional groups attached to an aromatic ring is 1. The molecular formula is C12H17FN2O2. The number of ether oxygens (including phenoxy) is 2. The van der Waals surface area contributed by atoms with E-state index < -0.39 is 0 Å². The zero-order valence-electron chi connectivity index (χ0n) is 10.1. The second-order valence-electron chi connectivity index (χ2n) is 4.17. The van der Waals surface area contributed by atoms with Crippen molar-refractivity contribution in [1.29, 1.82) is 0 Å². The number of methoxy groups -OCH3 is 1. The molecule has 94 valence electrons. The molecule has 1 heterocycles. The number of hydrogen-bond acceptors (Lipinski definition) is 4. The standard InChI is InChI=1S/C12H17FN2O2/c1-8-7-15(3-4-17-8)11-6-12(16-2)10(14)5-9(11)13/h5-6,8H,3-4,7,14H2,1-2H3. The molecule has 0 aromatic heterocycles. The van der Waals surface area contributed by atoms with Crippen LogP contribution in [-0.4, -0.2) is 32.9 Å². The molecule has 0 bridgehead atoms. The first-order chi connectivity index (χ1) is 8.11. The van der Waals surface area contributed by atoms with E-state index in [0.717, 1.165) is 0 Å². The van der Waals surface area contributed by atoms with E-state index >= 15 is 0 Å². The maximum atomic E-state index is 13.9. The number of morpholine rings is 1. The summed E-state index contributed by atoms with van der Waals surface area (Å²) < 4.78 is 24.4. The van der Waals surface area contributed by atoms with Crippen LogP contribution in [0, 0.1) is 5.82 Å². The van der Waals surface area contributed by atoms with Crippen LogP contribution in [0.2, 0.25) is 0 Å². The van der Waals surface area contributed by atoms with Crippen molar-refractivity contribution in [2.24, 2.45) is 0 Å². The lowest BCUT2D eigenvalue weighted by atomic mass is 10.2. The first kappa shape index (κ1) is 12.0. The predicted octanol–water partition coefficient (Wildman–Crippen LogP) is 1.64. The van der Waals surface area contributed by atoms with E-state index in [9.17, 15) is 4.39 Å². The Bertz CT molecular complexity index is 412. The van der Waals surface area contributed by atoms with Gasteiger partial charge in [0.2, 0.25) is 0 Å². The number of anilines is 2. The molecule has 1 unspecified atom stereocenters. The van der Waals surface area contributed by atoms with Crippen molar-refractivity contribution in [3.8, 4) is 5.75 Å². The molecule has 1 atom stereocenters. The summed E-state index contributed by atoms with van der Waals surface area (Å²) in [6.07, 6.45) is 0.103. The number of benzene rings is 1. The molecule has 0 radical (unpaired) electrons. The fraction of sp³-hybridized carbons (Fsp3) is 0.500. The van der Waals surface area contributed by atoms with Crippen molar-refractivity contribution in [1.82, 2.24) is 0 Å². The Morgan fingerprint density at radius 2 is 2.29 bits per heavy atom. The number of rotatable bonds is 2. The highest BCUT2D eigenvalue weighted by Gasteiger charge is 2.21. The van der Waals surface area contributed by atoms with Crippen LogP contribution in [0.15, 0.2) is 12.1 Å². The second-order valence-corrected chi connectivity index (χ2v) is 4.17. The Hall–Kier alpha value is -1.49. The SMILES string of the molecule is COc1cc(N2CCOC(C)C2)c(F)cc1N. The van der Waals surface area contributed by atoms with Gasteiger partial charge in [0.25, 0.3) is 0 Å². The topological polar surface area (TPSA) is 47.7 Å². The van der Waals surface area contributed by atoms with Crippen LogP contribution in [0.4, 0.5) is 15.8 Å². The fourth-order valence-corrected chi connectivity index (χ4v) is 2.01. The van der Waals surface area contributed by atoms with Crippen molar-refractivity contribution in [3.05, 3.63) is 17.9 Å². The minimum Gasteiger partial charge on any atom is -0.495 e. The first-order valence-electron chi connectivity index (χ1n) is 5.61. The van der Waals surface area contributed by atoms with Crippen LogP contribution in [0.25, 0.3) is 0 Å². The summed E-state index contributed by atoms with van der Waals surface area (Å²) in [6.45, 7) is 3.92. The van der Waals surface area contributed by atoms with Gasteiger partial charge in [0.1, 0.15) is 11.6 Å². The highest BCUT2D eigenvalue weighted by molar-refractivity contribution is 5.63. The Labute approximate surface area is 100 Å². The normalized spacial score (nSPS) is 20.4. The van der Waals surface area contributed by atoms with E-state index in [1.165, 1.54) is 13.2 Å². The molecule has 5 heteroatoms. The summed E-state index contributed by atoms with van der Waals surface area (Å²) in [7, 11) is 1.52. The van der Waals surface area contributed by atoms with Crippen molar-refractivity contribution < 1.29 is 13.9 Å². The third kappa shape index (κ3) is 2.44. The predicted molar refractivity (Wildman–Crippen MR) is 65.0 cm³/mol. The van der Waals surface area contributed by atoms with Gasteiger partial charge in [-0.1, -0.05) is 0 Å². The van der Waals surface area contributed by atoms with E-state index in [2.05, 4.69) is 0 Å². The quantitative estimate of drug-likeness (QED) is 0.798. The molecule has 17 heavy (non-hydrogen) atoms. The molecule has 2 N–H and O–H groups in total. The van der Waals surface area contributed by atoms with Crippen LogP contribution in [-0.2, 0) is 4.74 Å². The monoisotopic (exact) mass is 240 g/mol. The van der Waals surface area contributed by atoms with Crippen LogP contribution >= 0.6 is 0 Å². The van der Waals surface area contributed by atoms with Crippen molar-refractivity contribution in [3.63, 3.8) is 0 Å². The van der Waals surface area contributed by atoms with Gasteiger partial charge in [0.05, 0.1) is 31.2 Å². The lowest BCUT2D eigenvalue weighted by molar-refractivity contribution is 0.0530. The Kier molecular flexibility index (Phi) is 3.38. The van der Waals surface area contributed by atoms with E-state index in [4.69, 9.17) is 15.2 Å². The van der Waals surface area contributed by atoms with Gasteiger partial charge < -0.3 is 20.1 Å². The van der Waals surface area contributed by atoms with Gasteiger partial charge in [-0.2, -0.15) is 0 Å². The molecule has 0 aliphatic carbocycles. The minimum atomic E-state index is -0.322. The minimum absolute atomic E-state index is 0.103. The Morgan fingerprint density at radius 3 is 2.94 bits per heavy atom. The Balaban J connectivity index is 2.30. The van der Waals surface area contributed by atoms with E-state index in [1.807, 2.05) is 11.8 Å². The van der Waals surface area contributed by atoms with Gasteiger partial charge in [0, 0.05) is 25.2 Å². The van der Waals surface area contributed by atoms with Gasteiger partial charge in [0.15, 0.2) is 0 Å². The largest absolute Gasteiger partial charge is 0.495 e. The molecular weight excluding hydrogens is 223 g/mol. The van der Waals surface area contributed by atoms with Crippen molar-refractivity contribution in [2.75, 3.05) is 37.4 Å². The Morgan fingerprint density at radius 1 is 1.53 bits per heavy atom. The summed E-state index contributed by atoms with van der Waals surface area (Å²) >= 11 is 0. The summed E-state index contributed by atoms with van der Waals surface area (Å²) in [5.41, 5.74) is 6.48. The average molecular weight is 240 g/mol. The number of hydrogen-bond donors (Lipinski definition) is 1. The van der Waals surface area contributed by atoms with Gasteiger partial charge in [-0.15, -0.1) is 0 Å². The third-order valence-electron chi connectivity index (χ3n) is 2.88. The van der Waals surface area contributed by atoms with Crippen LogP contribution in [0.5, 0.6) is 5.75 Å². The van der Waals surface area contributed by atoms with E-state index in [-0.39, 0.29) is 11.9 Å². The fourth-order valence-electron chi connectivity index (χ4n) is 2.01. The summed E-state index contributed by atoms with van der Waals surface area (Å²) in [6, 6.07) is 2.94. The summed E-state index contributed by atoms with van der Waals surface area (Å²) in [4.78, 5) is 1.95. The highest BCUT2D eigenvalue weighted by Crippen LogP contribution is 2.31. The zero-order valence-corrected chi connectivity index (χ0v) is 10.1. The summed E-state index contributed by atoms with van der Waals surface area (Å²) in [5, 5.41) is 0. The van der Waals surface area contributed by atoms with Gasteiger partial charge in [-0.3, -0.25) is 0 Å². The summed E-state index contributed by atoms with van der Waals surface area (Å²) in [5.74, 6) is 0.179. The van der Waals surface area contributed by atoms with Gasteiger partial charge in [-0.05, 0) is 6.92 Å². The maximum Gasteiger partial charge on any atom is 0.148 e. The van der Waals surface area contributed by atoms with Gasteiger partial charge in [-0.25, -0.2) is 4.39 Å². The third-order valence-corrected chi connectivity index (χ3v) is 2.88. The second kappa shape index (κ2) is 4.79. The molecule has 0 saturated carbocycles.